The predicted molar refractivity (Wildman–Crippen MR) is 89.0 cm³/mol. The first kappa shape index (κ1) is 22.3. The van der Waals surface area contributed by atoms with E-state index in [2.05, 4.69) is 0 Å². The van der Waals surface area contributed by atoms with Gasteiger partial charge in [0.1, 0.15) is 16.4 Å². The van der Waals surface area contributed by atoms with E-state index in [0.717, 1.165) is 30.3 Å². The van der Waals surface area contributed by atoms with Crippen molar-refractivity contribution < 1.29 is 49.2 Å². The summed E-state index contributed by atoms with van der Waals surface area (Å²) in [6.45, 7) is 0. The minimum Gasteiger partial charge on any atom is -0.508 e. The zero-order valence-corrected chi connectivity index (χ0v) is 15.7. The summed E-state index contributed by atoms with van der Waals surface area (Å²) >= 11 is -1.10. The van der Waals surface area contributed by atoms with Crippen LogP contribution >= 0.6 is 11.8 Å². The Bertz CT molecular complexity index is 1120. The lowest BCUT2D eigenvalue weighted by molar-refractivity contribution is -0.0947. The molecule has 0 aliphatic heterocycles. The van der Waals surface area contributed by atoms with Crippen LogP contribution in [0.4, 0.5) is 17.6 Å². The molecule has 0 radical (unpaired) electrons. The number of rotatable bonds is 6. The van der Waals surface area contributed by atoms with Crippen LogP contribution in [-0.4, -0.2) is 42.1 Å². The van der Waals surface area contributed by atoms with Gasteiger partial charge in [-0.3, -0.25) is 4.55 Å². The highest BCUT2D eigenvalue weighted by Gasteiger charge is 2.66. The van der Waals surface area contributed by atoms with Gasteiger partial charge in [-0.1, -0.05) is 12.1 Å². The summed E-state index contributed by atoms with van der Waals surface area (Å²) < 4.78 is 110. The number of alkyl halides is 4. The number of aromatic hydroxyl groups is 2. The van der Waals surface area contributed by atoms with Crippen LogP contribution in [0.25, 0.3) is 0 Å². The Labute approximate surface area is 160 Å². The van der Waals surface area contributed by atoms with E-state index in [1.807, 2.05) is 0 Å². The molecule has 0 spiro atoms. The third-order valence-corrected chi connectivity index (χ3v) is 7.38. The molecule has 3 N–H and O–H groups in total. The van der Waals surface area contributed by atoms with Crippen molar-refractivity contribution in [3.8, 4) is 11.5 Å². The standard InChI is InChI=1S/C14H10F4O7S3/c15-13(16,14(17,18)28(23,24)25)26-10-3-1-2-4-12(10)27(21,22)11-6-5-8(19)7-9(11)20/h1-7,19-20H,(H,23,24,25). The van der Waals surface area contributed by atoms with Crippen molar-refractivity contribution in [2.45, 2.75) is 25.2 Å². The molecule has 0 saturated carbocycles. The summed E-state index contributed by atoms with van der Waals surface area (Å²) in [4.78, 5) is -2.72. The number of sulfone groups is 1. The molecule has 0 bridgehead atoms. The summed E-state index contributed by atoms with van der Waals surface area (Å²) in [5.41, 5.74) is 0. The maximum absolute atomic E-state index is 13.9. The van der Waals surface area contributed by atoms with Crippen molar-refractivity contribution in [3.05, 3.63) is 42.5 Å². The first-order chi connectivity index (χ1) is 12.6. The van der Waals surface area contributed by atoms with Crippen LogP contribution in [-0.2, 0) is 20.0 Å². The molecule has 0 saturated heterocycles. The lowest BCUT2D eigenvalue weighted by Crippen LogP contribution is -2.44. The van der Waals surface area contributed by atoms with Crippen molar-refractivity contribution in [1.29, 1.82) is 0 Å². The van der Waals surface area contributed by atoms with E-state index >= 15 is 0 Å². The zero-order chi connectivity index (χ0) is 21.5. The Balaban J connectivity index is 2.60. The topological polar surface area (TPSA) is 129 Å². The molecular weight excluding hydrogens is 452 g/mol. The van der Waals surface area contributed by atoms with Gasteiger partial charge in [-0.2, -0.15) is 26.0 Å². The fraction of sp³-hybridized carbons (Fsp3) is 0.143. The van der Waals surface area contributed by atoms with E-state index in [1.165, 1.54) is 0 Å². The zero-order valence-electron chi connectivity index (χ0n) is 13.3. The Morgan fingerprint density at radius 3 is 1.96 bits per heavy atom. The van der Waals surface area contributed by atoms with E-state index < -0.39 is 68.4 Å². The van der Waals surface area contributed by atoms with Gasteiger partial charge < -0.3 is 10.2 Å². The molecule has 0 amide bonds. The largest absolute Gasteiger partial charge is 0.508 e. The van der Waals surface area contributed by atoms with Gasteiger partial charge in [-0.05, 0) is 36.0 Å². The number of halogens is 4. The fourth-order valence-electron chi connectivity index (χ4n) is 1.96. The molecule has 0 aliphatic carbocycles. The molecule has 0 atom stereocenters. The summed E-state index contributed by atoms with van der Waals surface area (Å²) in [6, 6.07) is 5.88. The van der Waals surface area contributed by atoms with E-state index in [-0.39, 0.29) is 0 Å². The SMILES string of the molecule is O=S(=O)(c1ccc(O)cc1O)c1ccccc1SC(F)(F)C(F)(F)S(=O)(=O)O. The van der Waals surface area contributed by atoms with Crippen LogP contribution in [0.5, 0.6) is 11.5 Å². The second kappa shape index (κ2) is 7.09. The summed E-state index contributed by atoms with van der Waals surface area (Å²) in [6.07, 6.45) is 0. The smallest absolute Gasteiger partial charge is 0.442 e. The quantitative estimate of drug-likeness (QED) is 0.339. The van der Waals surface area contributed by atoms with Gasteiger partial charge in [0.05, 0.1) is 4.90 Å². The highest BCUT2D eigenvalue weighted by molar-refractivity contribution is 8.02. The van der Waals surface area contributed by atoms with Crippen LogP contribution in [0.2, 0.25) is 0 Å². The first-order valence-electron chi connectivity index (χ1n) is 6.89. The minimum atomic E-state index is -6.51. The maximum atomic E-state index is 13.9. The van der Waals surface area contributed by atoms with Crippen LogP contribution < -0.4 is 0 Å². The van der Waals surface area contributed by atoms with Gasteiger partial charge >= 0.3 is 20.6 Å². The molecule has 28 heavy (non-hydrogen) atoms. The molecule has 0 aromatic heterocycles. The lowest BCUT2D eigenvalue weighted by Gasteiger charge is -2.23. The Morgan fingerprint density at radius 2 is 1.43 bits per heavy atom. The molecule has 2 aromatic carbocycles. The van der Waals surface area contributed by atoms with Crippen LogP contribution in [0.3, 0.4) is 0 Å². The predicted octanol–water partition coefficient (Wildman–Crippen LogP) is 3.10. The molecular formula is C14H10F4O7S3. The maximum Gasteiger partial charge on any atom is 0.442 e. The number of phenolic OH excluding ortho intramolecular Hbond substituents is 2. The summed E-state index contributed by atoms with van der Waals surface area (Å²) in [7, 11) is -11.3. The molecule has 0 unspecified atom stereocenters. The van der Waals surface area contributed by atoms with Gasteiger partial charge in [0.2, 0.25) is 9.84 Å². The lowest BCUT2D eigenvalue weighted by atomic mass is 10.3. The van der Waals surface area contributed by atoms with Crippen molar-refractivity contribution in [2.24, 2.45) is 0 Å². The van der Waals surface area contributed by atoms with Gasteiger partial charge in [-0.25, -0.2) is 8.42 Å². The fourth-order valence-corrected chi connectivity index (χ4v) is 5.27. The van der Waals surface area contributed by atoms with Crippen LogP contribution in [0.1, 0.15) is 0 Å². The van der Waals surface area contributed by atoms with Gasteiger partial charge in [-0.15, -0.1) is 0 Å². The second-order valence-corrected chi connectivity index (χ2v) is 9.72. The Hall–Kier alpha value is -2.03. The summed E-state index contributed by atoms with van der Waals surface area (Å²) in [5, 5.41) is 7.59. The molecule has 14 heteroatoms. The third kappa shape index (κ3) is 3.90. The molecule has 0 heterocycles. The number of hydrogen-bond acceptors (Lipinski definition) is 7. The normalized spacial score (nSPS) is 13.5. The average molecular weight is 462 g/mol. The Kier molecular flexibility index (Phi) is 5.64. The second-order valence-electron chi connectivity index (χ2n) is 5.21. The first-order valence-corrected chi connectivity index (χ1v) is 10.6. The molecule has 7 nitrogen and oxygen atoms in total. The van der Waals surface area contributed by atoms with Gasteiger partial charge in [0.15, 0.2) is 0 Å². The van der Waals surface area contributed by atoms with Crippen LogP contribution in [0, 0.1) is 0 Å². The molecule has 0 aliphatic rings. The third-order valence-electron chi connectivity index (χ3n) is 3.27. The molecule has 2 rings (SSSR count). The van der Waals surface area contributed by atoms with Crippen LogP contribution in [0.15, 0.2) is 57.2 Å². The molecule has 0 fully saturated rings. The van der Waals surface area contributed by atoms with E-state index in [1.54, 1.807) is 0 Å². The average Bonchev–Trinajstić information content (AvgIpc) is 2.53. The molecule has 2 aromatic rings. The summed E-state index contributed by atoms with van der Waals surface area (Å²) in [5.74, 6) is -1.44. The van der Waals surface area contributed by atoms with Crippen molar-refractivity contribution in [1.82, 2.24) is 0 Å². The van der Waals surface area contributed by atoms with Crippen molar-refractivity contribution >= 4 is 31.7 Å². The van der Waals surface area contributed by atoms with Crippen molar-refractivity contribution in [3.63, 3.8) is 0 Å². The number of hydrogen-bond donors (Lipinski definition) is 3. The van der Waals surface area contributed by atoms with E-state index in [9.17, 15) is 44.6 Å². The molecule has 154 valence electrons. The minimum absolute atomic E-state index is 0.501. The van der Waals surface area contributed by atoms with Crippen molar-refractivity contribution in [2.75, 3.05) is 0 Å². The highest BCUT2D eigenvalue weighted by atomic mass is 32.2. The van der Waals surface area contributed by atoms with E-state index in [0.29, 0.717) is 12.1 Å². The Morgan fingerprint density at radius 1 is 0.857 bits per heavy atom. The van der Waals surface area contributed by atoms with Gasteiger partial charge in [0.25, 0.3) is 0 Å². The number of thioether (sulfide) groups is 1. The van der Waals surface area contributed by atoms with Gasteiger partial charge in [0, 0.05) is 11.0 Å². The monoisotopic (exact) mass is 462 g/mol. The highest BCUT2D eigenvalue weighted by Crippen LogP contribution is 2.50. The number of benzene rings is 2. The number of phenols is 2. The van der Waals surface area contributed by atoms with E-state index in [4.69, 9.17) is 4.55 Å².